The molecule has 0 spiro atoms. The summed E-state index contributed by atoms with van der Waals surface area (Å²) in [6.45, 7) is 4.42. The fourth-order valence-electron chi connectivity index (χ4n) is 5.79. The molecule has 0 saturated heterocycles. The number of rotatable bonds is 5. The van der Waals surface area contributed by atoms with Crippen LogP contribution in [0, 0.1) is 24.4 Å². The second-order valence-electron chi connectivity index (χ2n) is 10.9. The predicted molar refractivity (Wildman–Crippen MR) is 158 cm³/mol. The molecule has 0 saturated carbocycles. The van der Waals surface area contributed by atoms with E-state index in [4.69, 9.17) is 0 Å². The lowest BCUT2D eigenvalue weighted by atomic mass is 10.1. The number of fused-ring (bicyclic) bond motifs is 2. The van der Waals surface area contributed by atoms with Crippen LogP contribution in [0.1, 0.15) is 40.4 Å². The second kappa shape index (κ2) is 10.8. The van der Waals surface area contributed by atoms with Gasteiger partial charge >= 0.3 is 0 Å². The molecule has 13 heteroatoms. The number of hydrogen-bond donors (Lipinski definition) is 0. The molecular weight excluding hydrogens is 585 g/mol. The minimum atomic E-state index is -1.02. The number of nitrogens with zero attached hydrogens (tertiary/aromatic N) is 8. The van der Waals surface area contributed by atoms with Crippen molar-refractivity contribution >= 4 is 16.8 Å². The Hall–Kier alpha value is -5.59. The van der Waals surface area contributed by atoms with Crippen LogP contribution in [0.3, 0.4) is 0 Å². The molecule has 45 heavy (non-hydrogen) atoms. The average molecular weight is 611 g/mol. The number of carbonyl (C=O) groups is 1. The molecule has 4 heterocycles. The van der Waals surface area contributed by atoms with Gasteiger partial charge in [-0.05, 0) is 50.2 Å². The molecule has 226 valence electrons. The maximum absolute atomic E-state index is 14.4. The van der Waals surface area contributed by atoms with Crippen LogP contribution < -0.4 is 5.56 Å². The van der Waals surface area contributed by atoms with Crippen LogP contribution in [-0.4, -0.2) is 51.7 Å². The summed E-state index contributed by atoms with van der Waals surface area (Å²) in [5.74, 6) is -2.69. The van der Waals surface area contributed by atoms with Crippen molar-refractivity contribution < 1.29 is 18.0 Å². The number of hydrogen-bond acceptors (Lipinski definition) is 6. The van der Waals surface area contributed by atoms with Crippen LogP contribution in [0.25, 0.3) is 27.8 Å². The predicted octanol–water partition coefficient (Wildman–Crippen LogP) is 4.83. The Labute approximate surface area is 254 Å². The lowest BCUT2D eigenvalue weighted by Crippen LogP contribution is -2.38. The van der Waals surface area contributed by atoms with Gasteiger partial charge in [-0.25, -0.2) is 22.8 Å². The summed E-state index contributed by atoms with van der Waals surface area (Å²) in [5.41, 5.74) is 2.93. The van der Waals surface area contributed by atoms with Gasteiger partial charge in [0.05, 0.1) is 53.8 Å². The minimum Gasteiger partial charge on any atom is -0.331 e. The molecule has 0 bridgehead atoms. The molecular formula is C32H25F3N8O2. The highest BCUT2D eigenvalue weighted by Crippen LogP contribution is 2.29. The number of amides is 1. The number of aryl methyl sites for hydroxylation is 1. The zero-order valence-corrected chi connectivity index (χ0v) is 24.2. The van der Waals surface area contributed by atoms with Crippen molar-refractivity contribution in [2.75, 3.05) is 6.54 Å². The molecule has 3 aromatic heterocycles. The van der Waals surface area contributed by atoms with Crippen LogP contribution in [0.2, 0.25) is 0 Å². The number of carbonyl (C=O) groups excluding carboxylic acids is 1. The summed E-state index contributed by atoms with van der Waals surface area (Å²) in [5, 5.41) is 13.2. The van der Waals surface area contributed by atoms with Gasteiger partial charge in [0.15, 0.2) is 0 Å². The first-order chi connectivity index (χ1) is 21.7. The molecule has 3 aromatic carbocycles. The standard InChI is InChI=1S/C32H25F3N8O2/c1-18(30-25(34)13-21(33)14-26(30)35)42-16-28(38-39-42)24-15-36-41-12-11-40(17-29(24)41)31(44)20-7-9-22(10-8-20)43-19(2)37-27-6-4-3-5-23(27)32(43)45/h3-10,13-16,18H,11-12,17H2,1-2H3/t18-/m0/s1. The summed E-state index contributed by atoms with van der Waals surface area (Å²) in [6, 6.07) is 14.3. The van der Waals surface area contributed by atoms with E-state index in [1.807, 2.05) is 6.07 Å². The Kier molecular flexibility index (Phi) is 6.79. The van der Waals surface area contributed by atoms with Gasteiger partial charge in [-0.1, -0.05) is 17.3 Å². The summed E-state index contributed by atoms with van der Waals surface area (Å²) >= 11 is 0. The summed E-state index contributed by atoms with van der Waals surface area (Å²) < 4.78 is 46.8. The smallest absolute Gasteiger partial charge is 0.265 e. The Morgan fingerprint density at radius 2 is 1.71 bits per heavy atom. The van der Waals surface area contributed by atoms with Gasteiger partial charge in [-0.15, -0.1) is 5.10 Å². The maximum Gasteiger partial charge on any atom is 0.265 e. The van der Waals surface area contributed by atoms with Crippen molar-refractivity contribution in [3.63, 3.8) is 0 Å². The fraction of sp³-hybridized carbons (Fsp3) is 0.188. The van der Waals surface area contributed by atoms with Crippen molar-refractivity contribution in [1.82, 2.24) is 39.2 Å². The minimum absolute atomic E-state index is 0.187. The zero-order valence-electron chi connectivity index (χ0n) is 24.2. The van der Waals surface area contributed by atoms with Crippen molar-refractivity contribution in [2.45, 2.75) is 33.0 Å². The maximum atomic E-state index is 14.4. The first-order valence-corrected chi connectivity index (χ1v) is 14.2. The lowest BCUT2D eigenvalue weighted by Gasteiger charge is -2.28. The molecule has 1 atom stereocenters. The van der Waals surface area contributed by atoms with E-state index in [1.54, 1.807) is 65.2 Å². The van der Waals surface area contributed by atoms with Crippen LogP contribution in [0.5, 0.6) is 0 Å². The Bertz CT molecular complexity index is 2150. The molecule has 1 aliphatic heterocycles. The van der Waals surface area contributed by atoms with Crippen molar-refractivity contribution in [2.24, 2.45) is 0 Å². The quantitative estimate of drug-likeness (QED) is 0.277. The van der Waals surface area contributed by atoms with E-state index in [-0.39, 0.29) is 23.6 Å². The first-order valence-electron chi connectivity index (χ1n) is 14.2. The molecule has 10 nitrogen and oxygen atoms in total. The second-order valence-corrected chi connectivity index (χ2v) is 10.9. The van der Waals surface area contributed by atoms with Crippen molar-refractivity contribution in [3.8, 4) is 16.9 Å². The fourth-order valence-corrected chi connectivity index (χ4v) is 5.79. The Morgan fingerprint density at radius 1 is 0.978 bits per heavy atom. The van der Waals surface area contributed by atoms with E-state index in [1.165, 1.54) is 22.4 Å². The molecule has 1 amide bonds. The van der Waals surface area contributed by atoms with E-state index >= 15 is 0 Å². The van der Waals surface area contributed by atoms with E-state index in [0.29, 0.717) is 64.5 Å². The van der Waals surface area contributed by atoms with Gasteiger partial charge in [0.25, 0.3) is 11.5 Å². The molecule has 7 rings (SSSR count). The monoisotopic (exact) mass is 610 g/mol. The summed E-state index contributed by atoms with van der Waals surface area (Å²) in [7, 11) is 0. The topological polar surface area (TPSA) is 104 Å². The first kappa shape index (κ1) is 28.2. The largest absolute Gasteiger partial charge is 0.331 e. The number of benzene rings is 3. The molecule has 0 fully saturated rings. The van der Waals surface area contributed by atoms with Crippen LogP contribution in [-0.2, 0) is 13.1 Å². The van der Waals surface area contributed by atoms with E-state index < -0.39 is 23.5 Å². The molecule has 0 unspecified atom stereocenters. The summed E-state index contributed by atoms with van der Waals surface area (Å²) in [4.78, 5) is 33.0. The highest BCUT2D eigenvalue weighted by Gasteiger charge is 2.27. The van der Waals surface area contributed by atoms with Gasteiger partial charge in [0, 0.05) is 35.4 Å². The third kappa shape index (κ3) is 4.86. The third-order valence-corrected chi connectivity index (χ3v) is 8.12. The van der Waals surface area contributed by atoms with Gasteiger partial charge in [0.2, 0.25) is 0 Å². The van der Waals surface area contributed by atoms with Gasteiger partial charge in [-0.2, -0.15) is 5.10 Å². The molecule has 6 aromatic rings. The van der Waals surface area contributed by atoms with E-state index in [9.17, 15) is 22.8 Å². The molecule has 0 aliphatic carbocycles. The van der Waals surface area contributed by atoms with Crippen LogP contribution >= 0.6 is 0 Å². The highest BCUT2D eigenvalue weighted by atomic mass is 19.1. The number of aromatic nitrogens is 7. The number of para-hydroxylation sites is 1. The van der Waals surface area contributed by atoms with Gasteiger partial charge in [0.1, 0.15) is 29.0 Å². The SMILES string of the molecule is Cc1nc2ccccc2c(=O)n1-c1ccc(C(=O)N2CCn3ncc(-c4cn([C@@H](C)c5c(F)cc(F)cc5F)nn4)c3C2)cc1. The van der Waals surface area contributed by atoms with Crippen molar-refractivity contribution in [3.05, 3.63) is 124 Å². The van der Waals surface area contributed by atoms with E-state index in [2.05, 4.69) is 20.4 Å². The third-order valence-electron chi connectivity index (χ3n) is 8.12. The highest BCUT2D eigenvalue weighted by molar-refractivity contribution is 5.94. The molecule has 1 aliphatic rings. The Morgan fingerprint density at radius 3 is 2.47 bits per heavy atom. The molecule has 0 N–H and O–H groups in total. The molecule has 0 radical (unpaired) electrons. The summed E-state index contributed by atoms with van der Waals surface area (Å²) in [6.07, 6.45) is 3.16. The van der Waals surface area contributed by atoms with Gasteiger partial charge < -0.3 is 4.90 Å². The van der Waals surface area contributed by atoms with E-state index in [0.717, 1.165) is 5.69 Å². The normalized spacial score (nSPS) is 13.7. The van der Waals surface area contributed by atoms with Gasteiger partial charge in [-0.3, -0.25) is 18.8 Å². The van der Waals surface area contributed by atoms with Crippen molar-refractivity contribution in [1.29, 1.82) is 0 Å². The van der Waals surface area contributed by atoms with Crippen LogP contribution in [0.4, 0.5) is 13.2 Å². The zero-order chi connectivity index (χ0) is 31.4. The number of halogens is 3. The average Bonchev–Trinajstić information content (AvgIpc) is 3.68. The Balaban J connectivity index is 1.12. The lowest BCUT2D eigenvalue weighted by molar-refractivity contribution is 0.0706. The van der Waals surface area contributed by atoms with Crippen LogP contribution in [0.15, 0.2) is 77.9 Å².